The molecule has 0 unspecified atom stereocenters. The van der Waals surface area contributed by atoms with Crippen molar-refractivity contribution in [2.24, 2.45) is 5.92 Å². The van der Waals surface area contributed by atoms with E-state index >= 15 is 0 Å². The van der Waals surface area contributed by atoms with Crippen LogP contribution in [-0.2, 0) is 6.42 Å². The second-order valence-corrected chi connectivity index (χ2v) is 9.11. The maximum atomic E-state index is 13.0. The summed E-state index contributed by atoms with van der Waals surface area (Å²) < 4.78 is 25.8. The lowest BCUT2D eigenvalue weighted by Gasteiger charge is -2.23. The summed E-state index contributed by atoms with van der Waals surface area (Å²) in [7, 11) is -0.884. The molecular formula is C13H17ClF2Si. The third-order valence-electron chi connectivity index (χ3n) is 3.60. The molecule has 1 aliphatic heterocycles. The molecule has 0 N–H and O–H groups in total. The van der Waals surface area contributed by atoms with Gasteiger partial charge in [0.1, 0.15) is 8.11 Å². The normalized spacial score (nSPS) is 24.9. The largest absolute Gasteiger partial charge is 0.204 e. The minimum absolute atomic E-state index is 0.727. The topological polar surface area (TPSA) is 0 Å². The molecule has 0 bridgehead atoms. The molecule has 1 aromatic carbocycles. The lowest BCUT2D eigenvalue weighted by molar-refractivity contribution is 0.439. The first-order chi connectivity index (χ1) is 8.15. The monoisotopic (exact) mass is 274 g/mol. The summed E-state index contributed by atoms with van der Waals surface area (Å²) in [4.78, 5) is 0. The summed E-state index contributed by atoms with van der Waals surface area (Å²) in [5.41, 5.74) is 0.897. The van der Waals surface area contributed by atoms with Crippen LogP contribution >= 0.6 is 11.1 Å². The Hall–Kier alpha value is -0.413. The number of aryl methyl sites for hydroxylation is 1. The van der Waals surface area contributed by atoms with E-state index in [9.17, 15) is 8.78 Å². The molecule has 1 heterocycles. The molecule has 1 aliphatic rings. The van der Waals surface area contributed by atoms with Gasteiger partial charge < -0.3 is 0 Å². The Labute approximate surface area is 107 Å². The van der Waals surface area contributed by atoms with Gasteiger partial charge in [0.2, 0.25) is 0 Å². The fourth-order valence-electron chi connectivity index (χ4n) is 2.48. The van der Waals surface area contributed by atoms with Gasteiger partial charge in [-0.3, -0.25) is 0 Å². The fourth-order valence-corrected chi connectivity index (χ4v) is 5.19. The van der Waals surface area contributed by atoms with Gasteiger partial charge in [-0.15, -0.1) is 0 Å². The van der Waals surface area contributed by atoms with E-state index in [4.69, 9.17) is 11.1 Å². The zero-order valence-electron chi connectivity index (χ0n) is 9.76. The summed E-state index contributed by atoms with van der Waals surface area (Å²) in [6.07, 6.45) is 4.37. The highest BCUT2D eigenvalue weighted by molar-refractivity contribution is 7.07. The highest BCUT2D eigenvalue weighted by Crippen LogP contribution is 2.30. The Bertz CT molecular complexity index is 376. The first-order valence-corrected chi connectivity index (χ1v) is 9.61. The smallest absolute Gasteiger partial charge is 0.159 e. The highest BCUT2D eigenvalue weighted by Gasteiger charge is 2.20. The third-order valence-corrected chi connectivity index (χ3v) is 6.83. The average molecular weight is 275 g/mol. The summed E-state index contributed by atoms with van der Waals surface area (Å²) in [6.45, 7) is 0. The van der Waals surface area contributed by atoms with Crippen LogP contribution in [0.1, 0.15) is 24.8 Å². The zero-order valence-corrected chi connectivity index (χ0v) is 11.7. The van der Waals surface area contributed by atoms with Crippen molar-refractivity contribution in [3.8, 4) is 0 Å². The number of hydrogen-bond acceptors (Lipinski definition) is 0. The molecule has 0 nitrogen and oxygen atoms in total. The van der Waals surface area contributed by atoms with E-state index in [0.717, 1.165) is 24.3 Å². The first kappa shape index (κ1) is 13.0. The Balaban J connectivity index is 1.83. The van der Waals surface area contributed by atoms with Crippen molar-refractivity contribution >= 4 is 19.2 Å². The SMILES string of the molecule is Fc1ccc(CCC2CC[SiH](Cl)CC2)cc1F. The van der Waals surface area contributed by atoms with E-state index in [0.29, 0.717) is 0 Å². The van der Waals surface area contributed by atoms with Crippen molar-refractivity contribution in [2.75, 3.05) is 0 Å². The van der Waals surface area contributed by atoms with E-state index in [2.05, 4.69) is 0 Å². The molecule has 94 valence electrons. The van der Waals surface area contributed by atoms with Gasteiger partial charge in [0.25, 0.3) is 0 Å². The lowest BCUT2D eigenvalue weighted by Crippen LogP contribution is -2.16. The van der Waals surface area contributed by atoms with Gasteiger partial charge in [0.15, 0.2) is 11.6 Å². The van der Waals surface area contributed by atoms with Crippen molar-refractivity contribution in [2.45, 2.75) is 37.8 Å². The summed E-state index contributed by atoms with van der Waals surface area (Å²) in [5.74, 6) is -0.771. The molecule has 0 aromatic heterocycles. The number of benzene rings is 1. The molecule has 17 heavy (non-hydrogen) atoms. The fraction of sp³-hybridized carbons (Fsp3) is 0.538. The van der Waals surface area contributed by atoms with Crippen LogP contribution in [0.2, 0.25) is 12.1 Å². The highest BCUT2D eigenvalue weighted by atomic mass is 35.6. The lowest BCUT2D eigenvalue weighted by atomic mass is 9.94. The molecule has 0 aliphatic carbocycles. The molecule has 0 atom stereocenters. The van der Waals surface area contributed by atoms with E-state index in [1.807, 2.05) is 0 Å². The predicted octanol–water partition coefficient (Wildman–Crippen LogP) is 4.27. The second-order valence-electron chi connectivity index (χ2n) is 4.91. The molecular weight excluding hydrogens is 258 g/mol. The van der Waals surface area contributed by atoms with Crippen LogP contribution in [0, 0.1) is 17.6 Å². The van der Waals surface area contributed by atoms with Crippen LogP contribution in [0.3, 0.4) is 0 Å². The second kappa shape index (κ2) is 5.96. The molecule has 1 saturated heterocycles. The van der Waals surface area contributed by atoms with Crippen molar-refractivity contribution in [1.82, 2.24) is 0 Å². The van der Waals surface area contributed by atoms with Crippen molar-refractivity contribution in [3.63, 3.8) is 0 Å². The quantitative estimate of drug-likeness (QED) is 0.570. The van der Waals surface area contributed by atoms with Gasteiger partial charge in [-0.05, 0) is 48.5 Å². The van der Waals surface area contributed by atoms with Crippen LogP contribution in [0.25, 0.3) is 0 Å². The van der Waals surface area contributed by atoms with Crippen LogP contribution in [0.4, 0.5) is 8.78 Å². The summed E-state index contributed by atoms with van der Waals surface area (Å²) in [5, 5.41) is 0. The number of halogens is 3. The summed E-state index contributed by atoms with van der Waals surface area (Å²) >= 11 is 6.18. The van der Waals surface area contributed by atoms with E-state index in [1.165, 1.54) is 37.1 Å². The van der Waals surface area contributed by atoms with Gasteiger partial charge in [-0.25, -0.2) is 8.78 Å². The molecule has 0 radical (unpaired) electrons. The maximum Gasteiger partial charge on any atom is 0.159 e. The van der Waals surface area contributed by atoms with E-state index < -0.39 is 19.7 Å². The maximum absolute atomic E-state index is 13.0. The number of rotatable bonds is 3. The van der Waals surface area contributed by atoms with Gasteiger partial charge in [0.05, 0.1) is 0 Å². The molecule has 1 fully saturated rings. The van der Waals surface area contributed by atoms with Crippen LogP contribution < -0.4 is 0 Å². The van der Waals surface area contributed by atoms with Crippen molar-refractivity contribution < 1.29 is 8.78 Å². The molecule has 0 spiro atoms. The number of hydrogen-bond donors (Lipinski definition) is 0. The Morgan fingerprint density at radius 2 is 1.88 bits per heavy atom. The van der Waals surface area contributed by atoms with Gasteiger partial charge in [0, 0.05) is 0 Å². The minimum Gasteiger partial charge on any atom is -0.204 e. The standard InChI is InChI=1S/C13H17ClF2Si/c14-17-7-5-10(6-8-17)1-2-11-3-4-12(15)13(16)9-11/h3-4,9-10,17H,1-2,5-8H2. The molecule has 2 rings (SSSR count). The Kier molecular flexibility index (Phi) is 4.57. The zero-order chi connectivity index (χ0) is 12.3. The predicted molar refractivity (Wildman–Crippen MR) is 70.0 cm³/mol. The minimum atomic E-state index is -0.884. The molecule has 0 amide bonds. The third kappa shape index (κ3) is 3.78. The van der Waals surface area contributed by atoms with Crippen LogP contribution in [-0.4, -0.2) is 8.11 Å². The Morgan fingerprint density at radius 1 is 1.18 bits per heavy atom. The van der Waals surface area contributed by atoms with E-state index in [1.54, 1.807) is 6.07 Å². The van der Waals surface area contributed by atoms with Crippen molar-refractivity contribution in [3.05, 3.63) is 35.4 Å². The van der Waals surface area contributed by atoms with Gasteiger partial charge in [-0.2, -0.15) is 11.1 Å². The van der Waals surface area contributed by atoms with Crippen LogP contribution in [0.5, 0.6) is 0 Å². The van der Waals surface area contributed by atoms with Crippen LogP contribution in [0.15, 0.2) is 18.2 Å². The Morgan fingerprint density at radius 3 is 2.53 bits per heavy atom. The van der Waals surface area contributed by atoms with Crippen molar-refractivity contribution in [1.29, 1.82) is 0 Å². The van der Waals surface area contributed by atoms with E-state index in [-0.39, 0.29) is 0 Å². The molecule has 0 saturated carbocycles. The molecule has 4 heteroatoms. The first-order valence-electron chi connectivity index (χ1n) is 6.23. The molecule has 1 aromatic rings. The average Bonchev–Trinajstić information content (AvgIpc) is 2.33. The van der Waals surface area contributed by atoms with Gasteiger partial charge in [-0.1, -0.05) is 18.9 Å². The summed E-state index contributed by atoms with van der Waals surface area (Å²) in [6, 6.07) is 6.67. The van der Waals surface area contributed by atoms with Gasteiger partial charge >= 0.3 is 0 Å².